The molecule has 1 amide bonds. The molecule has 0 aromatic carbocycles. The minimum Gasteiger partial charge on any atom is -0.790 e. The predicted octanol–water partition coefficient (Wildman–Crippen LogP) is 8.62. The Hall–Kier alpha value is -1.56. The Kier molecular flexibility index (Phi) is 31.3. The maximum Gasteiger partial charge on any atom is 0.306 e. The number of nitrogens with one attached hydrogen (secondary N) is 1. The molecule has 0 radical (unpaired) electrons. The van der Waals surface area contributed by atoms with Crippen LogP contribution in [0.4, 0.5) is 0 Å². The number of unbranched alkanes of at least 4 members (excludes halogenated alkanes) is 24. The fourth-order valence-corrected chi connectivity index (χ4v) is 7.57. The summed E-state index contributed by atoms with van der Waals surface area (Å²) >= 11 is 0. The van der Waals surface area contributed by atoms with Crippen molar-refractivity contribution in [2.75, 3.05) is 6.61 Å². The number of carbonyl (C=O) groups is 3. The highest BCUT2D eigenvalue weighted by Gasteiger charge is 2.51. The molecule has 0 bridgehead atoms. The Morgan fingerprint density at radius 2 is 0.909 bits per heavy atom. The van der Waals surface area contributed by atoms with Gasteiger partial charge in [0, 0.05) is 19.3 Å². The van der Waals surface area contributed by atoms with Crippen LogP contribution < -0.4 is 15.1 Å². The molecular formula is C42H78NO11P-2. The molecule has 0 aromatic rings. The standard InChI is InChI=1S/C42H80NO11P/c1-4-7-10-13-16-19-22-25-28-31-36(45)43-39-41(53-38(47)33-30-27-24-21-18-15-12-9-6-3)40(35(34-44)51-42(39)54-55(48,49)50)52-37(46)32-29-26-23-20-17-14-11-8-5-2/h35,39-42,44H,4-34H2,1-3H3,(H,43,45)(H2,48,49,50)/p-2/t35-,39-,40-,41-,42-/m1/s1. The number of hydrogen-bond acceptors (Lipinski definition) is 11. The monoisotopic (exact) mass is 804 g/mol. The van der Waals surface area contributed by atoms with E-state index in [2.05, 4.69) is 26.1 Å². The van der Waals surface area contributed by atoms with Crippen molar-refractivity contribution in [1.29, 1.82) is 0 Å². The summed E-state index contributed by atoms with van der Waals surface area (Å²) in [6.07, 6.45) is 22.4. The van der Waals surface area contributed by atoms with Crippen LogP contribution in [0.3, 0.4) is 0 Å². The van der Waals surface area contributed by atoms with Crippen molar-refractivity contribution in [3.8, 4) is 0 Å². The Morgan fingerprint density at radius 1 is 0.564 bits per heavy atom. The smallest absolute Gasteiger partial charge is 0.306 e. The van der Waals surface area contributed by atoms with Crippen LogP contribution in [0.1, 0.15) is 213 Å². The highest BCUT2D eigenvalue weighted by molar-refractivity contribution is 7.43. The number of rotatable bonds is 36. The van der Waals surface area contributed by atoms with E-state index in [0.29, 0.717) is 19.3 Å². The second kappa shape index (κ2) is 33.4. The molecule has 1 fully saturated rings. The summed E-state index contributed by atoms with van der Waals surface area (Å²) in [5.41, 5.74) is 0. The van der Waals surface area contributed by atoms with Crippen LogP contribution >= 0.6 is 7.82 Å². The van der Waals surface area contributed by atoms with E-state index in [4.69, 9.17) is 18.7 Å². The first-order valence-corrected chi connectivity index (χ1v) is 23.7. The van der Waals surface area contributed by atoms with Crippen LogP contribution in [0, 0.1) is 0 Å². The first-order valence-electron chi connectivity index (χ1n) is 22.2. The zero-order valence-corrected chi connectivity index (χ0v) is 35.7. The summed E-state index contributed by atoms with van der Waals surface area (Å²) in [6, 6.07) is -1.50. The number of esters is 2. The Bertz CT molecular complexity index is 1030. The van der Waals surface area contributed by atoms with Crippen molar-refractivity contribution in [2.24, 2.45) is 0 Å². The van der Waals surface area contributed by atoms with Crippen molar-refractivity contribution >= 4 is 25.7 Å². The third kappa shape index (κ3) is 26.9. The molecule has 13 heteroatoms. The van der Waals surface area contributed by atoms with Gasteiger partial charge < -0.3 is 43.5 Å². The molecule has 0 unspecified atom stereocenters. The van der Waals surface area contributed by atoms with Crippen LogP contribution in [-0.2, 0) is 37.7 Å². The molecule has 2 N–H and O–H groups in total. The second-order valence-corrected chi connectivity index (χ2v) is 16.6. The molecule has 324 valence electrons. The van der Waals surface area contributed by atoms with E-state index in [1.54, 1.807) is 0 Å². The Morgan fingerprint density at radius 3 is 1.27 bits per heavy atom. The zero-order chi connectivity index (χ0) is 40.6. The third-order valence-electron chi connectivity index (χ3n) is 10.4. The first-order chi connectivity index (χ1) is 26.6. The lowest BCUT2D eigenvalue weighted by molar-refractivity contribution is -0.362. The van der Waals surface area contributed by atoms with Crippen LogP contribution in [0.15, 0.2) is 0 Å². The predicted molar refractivity (Wildman–Crippen MR) is 212 cm³/mol. The minimum atomic E-state index is -5.68. The van der Waals surface area contributed by atoms with Crippen molar-refractivity contribution in [2.45, 2.75) is 244 Å². The van der Waals surface area contributed by atoms with Gasteiger partial charge in [-0.05, 0) is 19.3 Å². The molecule has 5 atom stereocenters. The first kappa shape index (κ1) is 51.5. The van der Waals surface area contributed by atoms with Gasteiger partial charge >= 0.3 is 11.9 Å². The summed E-state index contributed by atoms with van der Waals surface area (Å²) in [4.78, 5) is 63.3. The molecule has 0 saturated carbocycles. The Labute approximate surface area is 333 Å². The highest BCUT2D eigenvalue weighted by atomic mass is 31.2. The number of aliphatic hydroxyl groups is 1. The maximum atomic E-state index is 13.3. The number of hydrogen-bond donors (Lipinski definition) is 2. The van der Waals surface area contributed by atoms with Crippen LogP contribution in [0.5, 0.6) is 0 Å². The molecule has 1 aliphatic heterocycles. The molecular weight excluding hydrogens is 725 g/mol. The van der Waals surface area contributed by atoms with Crippen LogP contribution in [0.2, 0.25) is 0 Å². The summed E-state index contributed by atoms with van der Waals surface area (Å²) in [7, 11) is -5.68. The van der Waals surface area contributed by atoms with Gasteiger partial charge in [0.15, 0.2) is 18.5 Å². The van der Waals surface area contributed by atoms with Crippen LogP contribution in [-0.4, -0.2) is 60.2 Å². The van der Waals surface area contributed by atoms with Gasteiger partial charge in [0.25, 0.3) is 0 Å². The van der Waals surface area contributed by atoms with Gasteiger partial charge in [-0.2, -0.15) is 0 Å². The number of phosphoric acid groups is 1. The number of phosphoric ester groups is 1. The largest absolute Gasteiger partial charge is 0.790 e. The zero-order valence-electron chi connectivity index (χ0n) is 34.8. The number of carbonyl (C=O) groups excluding carboxylic acids is 3. The third-order valence-corrected chi connectivity index (χ3v) is 10.9. The second-order valence-electron chi connectivity index (χ2n) is 15.5. The molecule has 1 rings (SSSR count). The highest BCUT2D eigenvalue weighted by Crippen LogP contribution is 2.36. The molecule has 12 nitrogen and oxygen atoms in total. The molecule has 1 aliphatic rings. The summed E-state index contributed by atoms with van der Waals surface area (Å²) in [5, 5.41) is 12.9. The van der Waals surface area contributed by atoms with Gasteiger partial charge in [0.2, 0.25) is 5.91 Å². The van der Waals surface area contributed by atoms with Gasteiger partial charge in [-0.1, -0.05) is 175 Å². The van der Waals surface area contributed by atoms with Gasteiger partial charge in [0.05, 0.1) is 14.4 Å². The number of aliphatic hydroxyl groups excluding tert-OH is 1. The molecule has 0 aliphatic carbocycles. The quantitative estimate of drug-likeness (QED) is 0.0351. The fraction of sp³-hybridized carbons (Fsp3) is 0.929. The lowest BCUT2D eigenvalue weighted by Gasteiger charge is -2.47. The van der Waals surface area contributed by atoms with Crippen molar-refractivity contribution in [3.63, 3.8) is 0 Å². The van der Waals surface area contributed by atoms with Gasteiger partial charge in [0.1, 0.15) is 12.1 Å². The van der Waals surface area contributed by atoms with E-state index in [0.717, 1.165) is 77.0 Å². The molecule has 1 saturated heterocycles. The van der Waals surface area contributed by atoms with E-state index in [9.17, 15) is 33.8 Å². The molecule has 55 heavy (non-hydrogen) atoms. The minimum absolute atomic E-state index is 0.0440. The van der Waals surface area contributed by atoms with E-state index in [1.165, 1.54) is 77.0 Å². The average molecular weight is 804 g/mol. The summed E-state index contributed by atoms with van der Waals surface area (Å²) in [5.74, 6) is -1.73. The SMILES string of the molecule is CCCCCCCCCCCC(=O)N[C@H]1[C@@H](OP(=O)([O-])[O-])O[C@H](CO)[C@@H](OC(=O)CCCCCCCCCCC)[C@@H]1OC(=O)CCCCCCCCCCC. The topological polar surface area (TPSA) is 184 Å². The van der Waals surface area contributed by atoms with Gasteiger partial charge in [-0.15, -0.1) is 0 Å². The fourth-order valence-electron chi connectivity index (χ4n) is 7.14. The average Bonchev–Trinajstić information content (AvgIpc) is 3.14. The summed E-state index contributed by atoms with van der Waals surface area (Å²) < 4.78 is 33.9. The van der Waals surface area contributed by atoms with Crippen LogP contribution in [0.25, 0.3) is 0 Å². The normalized spacial score (nSPS) is 20.0. The van der Waals surface area contributed by atoms with Crippen molar-refractivity contribution in [1.82, 2.24) is 5.32 Å². The van der Waals surface area contributed by atoms with Crippen molar-refractivity contribution < 1.29 is 52.6 Å². The number of ether oxygens (including phenoxy) is 3. The van der Waals surface area contributed by atoms with E-state index >= 15 is 0 Å². The van der Waals surface area contributed by atoms with Gasteiger partial charge in [-0.3, -0.25) is 14.4 Å². The Balaban J connectivity index is 3.00. The van der Waals surface area contributed by atoms with E-state index in [1.807, 2.05) is 0 Å². The van der Waals surface area contributed by atoms with Crippen molar-refractivity contribution in [3.05, 3.63) is 0 Å². The summed E-state index contributed by atoms with van der Waals surface area (Å²) in [6.45, 7) is 5.79. The maximum absolute atomic E-state index is 13.3. The molecule has 1 heterocycles. The lowest BCUT2D eigenvalue weighted by Crippen LogP contribution is -2.66. The van der Waals surface area contributed by atoms with E-state index < -0.39 is 62.9 Å². The van der Waals surface area contributed by atoms with Gasteiger partial charge in [-0.25, -0.2) is 0 Å². The molecule has 0 aromatic heterocycles. The lowest BCUT2D eigenvalue weighted by atomic mass is 9.95. The molecule has 0 spiro atoms. The van der Waals surface area contributed by atoms with E-state index in [-0.39, 0.29) is 19.3 Å². The number of amides is 1.